The van der Waals surface area contributed by atoms with E-state index in [2.05, 4.69) is 4.52 Å². The SMILES string of the molecule is O=C(O)CCCCC(=O)OP. The van der Waals surface area contributed by atoms with Crippen molar-refractivity contribution in [3.63, 3.8) is 0 Å². The van der Waals surface area contributed by atoms with Crippen LogP contribution < -0.4 is 0 Å². The third kappa shape index (κ3) is 7.26. The fourth-order valence-electron chi connectivity index (χ4n) is 0.604. The average Bonchev–Trinajstić information content (AvgIpc) is 1.97. The van der Waals surface area contributed by atoms with Gasteiger partial charge in [0.15, 0.2) is 0 Å². The van der Waals surface area contributed by atoms with Crippen molar-refractivity contribution in [2.45, 2.75) is 25.7 Å². The van der Waals surface area contributed by atoms with Crippen molar-refractivity contribution in [3.8, 4) is 0 Å². The van der Waals surface area contributed by atoms with Crippen LogP contribution in [0.2, 0.25) is 0 Å². The lowest BCUT2D eigenvalue weighted by atomic mass is 10.2. The quantitative estimate of drug-likeness (QED) is 0.503. The highest BCUT2D eigenvalue weighted by atomic mass is 31.0. The van der Waals surface area contributed by atoms with Crippen LogP contribution in [0, 0.1) is 0 Å². The Morgan fingerprint density at radius 1 is 1.27 bits per heavy atom. The molecule has 1 N–H and O–H groups in total. The second-order valence-corrected chi connectivity index (χ2v) is 2.33. The molecular weight excluding hydrogens is 167 g/mol. The topological polar surface area (TPSA) is 63.6 Å². The standard InChI is InChI=1S/C6H11O4P/c7-5(8)3-1-2-4-6(9)10-11/h1-4,11H2,(H,7,8). The maximum Gasteiger partial charge on any atom is 0.307 e. The zero-order valence-corrected chi connectivity index (χ0v) is 7.23. The normalized spacial score (nSPS) is 9.18. The highest BCUT2D eigenvalue weighted by Crippen LogP contribution is 2.02. The van der Waals surface area contributed by atoms with Gasteiger partial charge in [-0.15, -0.1) is 0 Å². The van der Waals surface area contributed by atoms with Crippen LogP contribution in [0.25, 0.3) is 0 Å². The van der Waals surface area contributed by atoms with E-state index in [0.717, 1.165) is 0 Å². The van der Waals surface area contributed by atoms with Gasteiger partial charge in [-0.1, -0.05) is 0 Å². The minimum atomic E-state index is -0.829. The molecule has 0 amide bonds. The minimum Gasteiger partial charge on any atom is -0.481 e. The predicted octanol–water partition coefficient (Wildman–Crippen LogP) is 0.965. The van der Waals surface area contributed by atoms with E-state index < -0.39 is 5.97 Å². The van der Waals surface area contributed by atoms with Crippen molar-refractivity contribution in [1.82, 2.24) is 0 Å². The van der Waals surface area contributed by atoms with E-state index in [0.29, 0.717) is 12.8 Å². The molecule has 0 aromatic carbocycles. The Bertz CT molecular complexity index is 146. The van der Waals surface area contributed by atoms with Crippen LogP contribution in [0.5, 0.6) is 0 Å². The highest BCUT2D eigenvalue weighted by Gasteiger charge is 2.01. The molecule has 1 atom stereocenters. The number of unbranched alkanes of at least 4 members (excludes halogenated alkanes) is 1. The molecule has 0 fully saturated rings. The lowest BCUT2D eigenvalue weighted by Gasteiger charge is -1.96. The lowest BCUT2D eigenvalue weighted by Crippen LogP contribution is -1.98. The maximum atomic E-state index is 10.5. The van der Waals surface area contributed by atoms with E-state index in [1.54, 1.807) is 0 Å². The number of carbonyl (C=O) groups is 2. The highest BCUT2D eigenvalue weighted by molar-refractivity contribution is 7.10. The van der Waals surface area contributed by atoms with Crippen LogP contribution in [0.15, 0.2) is 0 Å². The number of carboxylic acids is 1. The van der Waals surface area contributed by atoms with Gasteiger partial charge in [0, 0.05) is 12.8 Å². The summed E-state index contributed by atoms with van der Waals surface area (Å²) in [5.41, 5.74) is 0. The van der Waals surface area contributed by atoms with Gasteiger partial charge in [-0.3, -0.25) is 9.59 Å². The van der Waals surface area contributed by atoms with Crippen molar-refractivity contribution >= 4 is 21.4 Å². The molecule has 4 nitrogen and oxygen atoms in total. The summed E-state index contributed by atoms with van der Waals surface area (Å²) in [7, 11) is 1.86. The molecule has 64 valence electrons. The molecule has 0 rings (SSSR count). The number of hydrogen-bond acceptors (Lipinski definition) is 3. The Morgan fingerprint density at radius 3 is 2.27 bits per heavy atom. The molecule has 0 aliphatic carbocycles. The number of carboxylic acid groups (broad SMARTS) is 1. The van der Waals surface area contributed by atoms with Crippen molar-refractivity contribution in [1.29, 1.82) is 0 Å². The zero-order chi connectivity index (χ0) is 8.69. The Balaban J connectivity index is 3.14. The summed E-state index contributed by atoms with van der Waals surface area (Å²) in [6.45, 7) is 0. The van der Waals surface area contributed by atoms with Crippen LogP contribution in [-0.2, 0) is 14.1 Å². The van der Waals surface area contributed by atoms with Crippen LogP contribution in [-0.4, -0.2) is 17.0 Å². The van der Waals surface area contributed by atoms with E-state index in [1.165, 1.54) is 0 Å². The molecule has 1 unspecified atom stereocenters. The van der Waals surface area contributed by atoms with E-state index in [1.807, 2.05) is 9.47 Å². The molecule has 0 saturated heterocycles. The van der Waals surface area contributed by atoms with Crippen LogP contribution >= 0.6 is 9.47 Å². The second-order valence-electron chi connectivity index (χ2n) is 2.09. The first-order valence-electron chi connectivity index (χ1n) is 3.28. The summed E-state index contributed by atoms with van der Waals surface area (Å²) in [6.07, 6.45) is 1.50. The summed E-state index contributed by atoms with van der Waals surface area (Å²) in [6, 6.07) is 0. The smallest absolute Gasteiger partial charge is 0.307 e. The number of rotatable bonds is 5. The third-order valence-corrected chi connectivity index (χ3v) is 1.42. The molecule has 5 heteroatoms. The van der Waals surface area contributed by atoms with E-state index in [9.17, 15) is 9.59 Å². The van der Waals surface area contributed by atoms with Crippen molar-refractivity contribution < 1.29 is 19.2 Å². The Kier molecular flexibility index (Phi) is 5.75. The fraction of sp³-hybridized carbons (Fsp3) is 0.667. The molecule has 0 aromatic heterocycles. The first-order valence-corrected chi connectivity index (χ1v) is 3.75. The van der Waals surface area contributed by atoms with Gasteiger partial charge in [0.25, 0.3) is 0 Å². The van der Waals surface area contributed by atoms with Gasteiger partial charge in [0.2, 0.25) is 0 Å². The first-order chi connectivity index (χ1) is 5.16. The molecular formula is C6H11O4P. The Labute approximate surface area is 67.2 Å². The molecule has 0 spiro atoms. The molecule has 0 bridgehead atoms. The largest absolute Gasteiger partial charge is 0.481 e. The van der Waals surface area contributed by atoms with Gasteiger partial charge in [-0.25, -0.2) is 0 Å². The molecule has 0 aliphatic heterocycles. The summed E-state index contributed by atoms with van der Waals surface area (Å²) < 4.78 is 4.29. The monoisotopic (exact) mass is 178 g/mol. The van der Waals surface area contributed by atoms with Gasteiger partial charge >= 0.3 is 11.9 Å². The number of aliphatic carboxylic acids is 1. The third-order valence-electron chi connectivity index (χ3n) is 1.15. The summed E-state index contributed by atoms with van der Waals surface area (Å²) in [5, 5.41) is 8.22. The Morgan fingerprint density at radius 2 is 1.82 bits per heavy atom. The summed E-state index contributed by atoms with van der Waals surface area (Å²) >= 11 is 0. The van der Waals surface area contributed by atoms with E-state index in [-0.39, 0.29) is 18.8 Å². The minimum absolute atomic E-state index is 0.115. The molecule has 0 aromatic rings. The van der Waals surface area contributed by atoms with Crippen LogP contribution in [0.1, 0.15) is 25.7 Å². The van der Waals surface area contributed by atoms with Crippen molar-refractivity contribution in [2.24, 2.45) is 0 Å². The van der Waals surface area contributed by atoms with E-state index in [4.69, 9.17) is 5.11 Å². The van der Waals surface area contributed by atoms with E-state index >= 15 is 0 Å². The summed E-state index contributed by atoms with van der Waals surface area (Å²) in [4.78, 5) is 20.5. The number of carbonyl (C=O) groups excluding carboxylic acids is 1. The average molecular weight is 178 g/mol. The van der Waals surface area contributed by atoms with Crippen molar-refractivity contribution in [3.05, 3.63) is 0 Å². The van der Waals surface area contributed by atoms with Gasteiger partial charge < -0.3 is 9.63 Å². The van der Waals surface area contributed by atoms with Crippen molar-refractivity contribution in [2.75, 3.05) is 0 Å². The van der Waals surface area contributed by atoms with Gasteiger partial charge in [0.05, 0.1) is 9.47 Å². The zero-order valence-electron chi connectivity index (χ0n) is 6.08. The first kappa shape index (κ1) is 10.4. The predicted molar refractivity (Wildman–Crippen MR) is 41.9 cm³/mol. The van der Waals surface area contributed by atoms with Gasteiger partial charge in [-0.05, 0) is 12.8 Å². The van der Waals surface area contributed by atoms with Crippen LogP contribution in [0.3, 0.4) is 0 Å². The molecule has 11 heavy (non-hydrogen) atoms. The van der Waals surface area contributed by atoms with Crippen LogP contribution in [0.4, 0.5) is 0 Å². The molecule has 0 heterocycles. The molecule has 0 radical (unpaired) electrons. The fourth-order valence-corrected chi connectivity index (χ4v) is 0.722. The summed E-state index contributed by atoms with van der Waals surface area (Å²) in [5.74, 6) is -1.15. The number of hydrogen-bond donors (Lipinski definition) is 1. The van der Waals surface area contributed by atoms with Gasteiger partial charge in [-0.2, -0.15) is 0 Å². The lowest BCUT2D eigenvalue weighted by molar-refractivity contribution is -0.138. The Hall–Kier alpha value is -0.630. The maximum absolute atomic E-state index is 10.5. The second kappa shape index (κ2) is 6.10. The van der Waals surface area contributed by atoms with Gasteiger partial charge in [0.1, 0.15) is 0 Å². The molecule has 0 saturated carbocycles. The molecule has 0 aliphatic rings.